The minimum absolute atomic E-state index is 0.0123. The fourth-order valence-electron chi connectivity index (χ4n) is 2.12. The molecule has 0 heterocycles. The van der Waals surface area contributed by atoms with E-state index >= 15 is 0 Å². The van der Waals surface area contributed by atoms with Crippen LogP contribution >= 0.6 is 0 Å². The summed E-state index contributed by atoms with van der Waals surface area (Å²) in [5.41, 5.74) is 2.15. The molecule has 0 saturated carbocycles. The normalized spacial score (nSPS) is 21.4. The topological polar surface area (TPSA) is 40.5 Å². The fourth-order valence-corrected chi connectivity index (χ4v) is 2.12. The third-order valence-corrected chi connectivity index (χ3v) is 3.15. The third-order valence-electron chi connectivity index (χ3n) is 3.15. The number of phenols is 2. The van der Waals surface area contributed by atoms with Gasteiger partial charge in [0.1, 0.15) is 0 Å². The largest absolute Gasteiger partial charge is 0.504 e. The fraction of sp³-hybridized carbons (Fsp3) is 0.500. The predicted octanol–water partition coefficient (Wildman–Crippen LogP) is 2.61. The third kappa shape index (κ3) is 1.57. The number of hydrogen-bond donors (Lipinski definition) is 2. The summed E-state index contributed by atoms with van der Waals surface area (Å²) in [5, 5.41) is 19.1. The summed E-state index contributed by atoms with van der Waals surface area (Å²) in [7, 11) is 0. The lowest BCUT2D eigenvalue weighted by Crippen LogP contribution is -1.92. The first-order valence-electron chi connectivity index (χ1n) is 5.21. The van der Waals surface area contributed by atoms with E-state index in [2.05, 4.69) is 6.92 Å². The van der Waals surface area contributed by atoms with Gasteiger partial charge < -0.3 is 10.2 Å². The van der Waals surface area contributed by atoms with Gasteiger partial charge in [-0.1, -0.05) is 13.0 Å². The molecule has 0 aromatic heterocycles. The Morgan fingerprint density at radius 2 is 1.86 bits per heavy atom. The highest BCUT2D eigenvalue weighted by atomic mass is 16.3. The standard InChI is InChI=1S/C12H16O2/c1-8-2-4-9-5-7-11(13)12(14)10(9)6-3-8/h5,7-8,13-14H,2-4,6H2,1H3. The minimum Gasteiger partial charge on any atom is -0.504 e. The van der Waals surface area contributed by atoms with Crippen molar-refractivity contribution < 1.29 is 10.2 Å². The van der Waals surface area contributed by atoms with E-state index in [1.54, 1.807) is 6.07 Å². The minimum atomic E-state index is 0.0123. The number of rotatable bonds is 0. The molecule has 1 atom stereocenters. The molecule has 1 aliphatic carbocycles. The second kappa shape index (κ2) is 3.52. The average molecular weight is 192 g/mol. The first kappa shape index (κ1) is 9.38. The zero-order chi connectivity index (χ0) is 10.1. The number of hydrogen-bond acceptors (Lipinski definition) is 2. The van der Waals surface area contributed by atoms with Gasteiger partial charge in [0.25, 0.3) is 0 Å². The lowest BCUT2D eigenvalue weighted by molar-refractivity contribution is 0.398. The molecule has 14 heavy (non-hydrogen) atoms. The molecule has 1 aromatic carbocycles. The number of aryl methyl sites for hydroxylation is 1. The highest BCUT2D eigenvalue weighted by molar-refractivity contribution is 5.49. The van der Waals surface area contributed by atoms with Crippen LogP contribution < -0.4 is 0 Å². The quantitative estimate of drug-likeness (QED) is 0.490. The van der Waals surface area contributed by atoms with Crippen molar-refractivity contribution in [2.75, 3.05) is 0 Å². The molecule has 2 heteroatoms. The van der Waals surface area contributed by atoms with E-state index in [1.807, 2.05) is 6.07 Å². The molecule has 0 radical (unpaired) electrons. The molecule has 1 aliphatic rings. The number of phenolic OH excluding ortho intramolecular Hbond substituents is 2. The Morgan fingerprint density at radius 3 is 2.64 bits per heavy atom. The number of fused-ring (bicyclic) bond motifs is 1. The molecular formula is C12H16O2. The van der Waals surface area contributed by atoms with Gasteiger partial charge in [0, 0.05) is 5.56 Å². The predicted molar refractivity (Wildman–Crippen MR) is 55.6 cm³/mol. The van der Waals surface area contributed by atoms with Gasteiger partial charge in [-0.2, -0.15) is 0 Å². The summed E-state index contributed by atoms with van der Waals surface area (Å²) in [5.74, 6) is 0.818. The number of aromatic hydroxyl groups is 2. The van der Waals surface area contributed by atoms with Crippen LogP contribution in [0, 0.1) is 5.92 Å². The van der Waals surface area contributed by atoms with Crippen molar-refractivity contribution in [3.63, 3.8) is 0 Å². The Morgan fingerprint density at radius 1 is 1.14 bits per heavy atom. The summed E-state index contributed by atoms with van der Waals surface area (Å²) in [6.07, 6.45) is 4.18. The molecule has 2 nitrogen and oxygen atoms in total. The van der Waals surface area contributed by atoms with Crippen LogP contribution in [0.15, 0.2) is 12.1 Å². The monoisotopic (exact) mass is 192 g/mol. The van der Waals surface area contributed by atoms with Crippen LogP contribution in [0.2, 0.25) is 0 Å². The van der Waals surface area contributed by atoms with Crippen molar-refractivity contribution in [2.24, 2.45) is 5.92 Å². The van der Waals surface area contributed by atoms with Crippen molar-refractivity contribution >= 4 is 0 Å². The smallest absolute Gasteiger partial charge is 0.160 e. The molecule has 0 bridgehead atoms. The second-order valence-corrected chi connectivity index (χ2v) is 4.25. The maximum atomic E-state index is 9.70. The van der Waals surface area contributed by atoms with Crippen LogP contribution in [0.1, 0.15) is 30.9 Å². The van der Waals surface area contributed by atoms with Gasteiger partial charge in [0.05, 0.1) is 0 Å². The Bertz CT molecular complexity index is 344. The van der Waals surface area contributed by atoms with E-state index in [0.29, 0.717) is 5.92 Å². The van der Waals surface area contributed by atoms with E-state index in [1.165, 1.54) is 12.0 Å². The van der Waals surface area contributed by atoms with E-state index < -0.39 is 0 Å². The van der Waals surface area contributed by atoms with Crippen molar-refractivity contribution in [2.45, 2.75) is 32.6 Å². The molecule has 0 aliphatic heterocycles. The first-order valence-corrected chi connectivity index (χ1v) is 5.21. The molecule has 2 rings (SSSR count). The summed E-state index contributed by atoms with van der Waals surface area (Å²) in [4.78, 5) is 0. The Kier molecular flexibility index (Phi) is 2.36. The van der Waals surface area contributed by atoms with E-state index in [-0.39, 0.29) is 11.5 Å². The second-order valence-electron chi connectivity index (χ2n) is 4.25. The maximum absolute atomic E-state index is 9.70. The zero-order valence-electron chi connectivity index (χ0n) is 8.45. The van der Waals surface area contributed by atoms with E-state index in [0.717, 1.165) is 24.8 Å². The van der Waals surface area contributed by atoms with Gasteiger partial charge in [-0.05, 0) is 43.2 Å². The van der Waals surface area contributed by atoms with Gasteiger partial charge in [-0.3, -0.25) is 0 Å². The summed E-state index contributed by atoms with van der Waals surface area (Å²) in [6.45, 7) is 2.24. The average Bonchev–Trinajstić information content (AvgIpc) is 2.35. The van der Waals surface area contributed by atoms with E-state index in [9.17, 15) is 10.2 Å². The molecule has 2 N–H and O–H groups in total. The highest BCUT2D eigenvalue weighted by Crippen LogP contribution is 2.35. The molecule has 1 aromatic rings. The van der Waals surface area contributed by atoms with Crippen LogP contribution in [0.4, 0.5) is 0 Å². The van der Waals surface area contributed by atoms with Crippen LogP contribution in [0.3, 0.4) is 0 Å². The summed E-state index contributed by atoms with van der Waals surface area (Å²) < 4.78 is 0. The van der Waals surface area contributed by atoms with Gasteiger partial charge in [-0.25, -0.2) is 0 Å². The van der Waals surface area contributed by atoms with Gasteiger partial charge >= 0.3 is 0 Å². The highest BCUT2D eigenvalue weighted by Gasteiger charge is 2.17. The lowest BCUT2D eigenvalue weighted by Gasteiger charge is -2.08. The van der Waals surface area contributed by atoms with Gasteiger partial charge in [-0.15, -0.1) is 0 Å². The molecule has 0 spiro atoms. The summed E-state index contributed by atoms with van der Waals surface area (Å²) >= 11 is 0. The Labute approximate surface area is 84.2 Å². The van der Waals surface area contributed by atoms with Crippen molar-refractivity contribution in [1.29, 1.82) is 0 Å². The molecule has 76 valence electrons. The zero-order valence-corrected chi connectivity index (χ0v) is 8.45. The van der Waals surface area contributed by atoms with Crippen molar-refractivity contribution in [3.8, 4) is 11.5 Å². The first-order chi connectivity index (χ1) is 6.68. The Balaban J connectivity index is 2.41. The molecule has 0 amide bonds. The molecule has 1 unspecified atom stereocenters. The maximum Gasteiger partial charge on any atom is 0.160 e. The molecular weight excluding hydrogens is 176 g/mol. The Hall–Kier alpha value is -1.18. The SMILES string of the molecule is CC1CCc2ccc(O)c(O)c2CC1. The molecule has 0 fully saturated rings. The summed E-state index contributed by atoms with van der Waals surface area (Å²) in [6, 6.07) is 3.52. The number of benzene rings is 1. The van der Waals surface area contributed by atoms with Gasteiger partial charge in [0.2, 0.25) is 0 Å². The van der Waals surface area contributed by atoms with Crippen LogP contribution in [-0.4, -0.2) is 10.2 Å². The van der Waals surface area contributed by atoms with Crippen molar-refractivity contribution in [1.82, 2.24) is 0 Å². The van der Waals surface area contributed by atoms with Gasteiger partial charge in [0.15, 0.2) is 11.5 Å². The van der Waals surface area contributed by atoms with E-state index in [4.69, 9.17) is 0 Å². The van der Waals surface area contributed by atoms with Crippen molar-refractivity contribution in [3.05, 3.63) is 23.3 Å². The van der Waals surface area contributed by atoms with Crippen LogP contribution in [0.5, 0.6) is 11.5 Å². The van der Waals surface area contributed by atoms with Crippen LogP contribution in [0.25, 0.3) is 0 Å². The van der Waals surface area contributed by atoms with Crippen LogP contribution in [-0.2, 0) is 12.8 Å². The molecule has 0 saturated heterocycles. The lowest BCUT2D eigenvalue weighted by atomic mass is 10.0.